The van der Waals surface area contributed by atoms with E-state index in [9.17, 15) is 10.1 Å². The molecule has 35 heavy (non-hydrogen) atoms. The highest BCUT2D eigenvalue weighted by Crippen LogP contribution is 2.21. The van der Waals surface area contributed by atoms with E-state index in [2.05, 4.69) is 35.9 Å². The third-order valence-corrected chi connectivity index (χ3v) is 5.63. The summed E-state index contributed by atoms with van der Waals surface area (Å²) in [7, 11) is 0. The van der Waals surface area contributed by atoms with E-state index in [-0.39, 0.29) is 5.57 Å². The van der Waals surface area contributed by atoms with Gasteiger partial charge in [0.25, 0.3) is 5.91 Å². The first-order valence-electron chi connectivity index (χ1n) is 11.3. The minimum Gasteiger partial charge on any atom is -0.490 e. The van der Waals surface area contributed by atoms with Crippen molar-refractivity contribution in [2.75, 3.05) is 18.5 Å². The van der Waals surface area contributed by atoms with Gasteiger partial charge in [0.15, 0.2) is 0 Å². The van der Waals surface area contributed by atoms with Crippen molar-refractivity contribution in [2.45, 2.75) is 26.7 Å². The molecule has 3 aromatic rings. The largest absolute Gasteiger partial charge is 0.490 e. The van der Waals surface area contributed by atoms with Gasteiger partial charge in [0, 0.05) is 6.42 Å². The lowest BCUT2D eigenvalue weighted by Gasteiger charge is -2.11. The fourth-order valence-electron chi connectivity index (χ4n) is 3.16. The van der Waals surface area contributed by atoms with Crippen LogP contribution in [0.5, 0.6) is 11.5 Å². The molecule has 0 spiro atoms. The topological polar surface area (TPSA) is 97.1 Å². The van der Waals surface area contributed by atoms with Crippen LogP contribution in [0.4, 0.5) is 5.13 Å². The SMILES string of the molecule is C=CCc1ccccc1OCCOc1ccc(C=C(C#N)C(=O)Nc2nnc(CC(C)C)s2)cc1. The summed E-state index contributed by atoms with van der Waals surface area (Å²) >= 11 is 1.31. The lowest BCUT2D eigenvalue weighted by Crippen LogP contribution is -2.13. The molecule has 0 fully saturated rings. The number of rotatable bonds is 12. The third-order valence-electron chi connectivity index (χ3n) is 4.77. The maximum absolute atomic E-state index is 12.5. The number of benzene rings is 2. The summed E-state index contributed by atoms with van der Waals surface area (Å²) in [4.78, 5) is 12.5. The van der Waals surface area contributed by atoms with Gasteiger partial charge in [-0.3, -0.25) is 10.1 Å². The standard InChI is InChI=1S/C27H28N4O3S/c1-4-7-21-8-5-6-9-24(21)34-15-14-33-23-12-10-20(11-13-23)17-22(18-28)26(32)29-27-31-30-25(35-27)16-19(2)3/h4-6,8-13,17,19H,1,7,14-16H2,2-3H3,(H,29,31,32). The maximum atomic E-state index is 12.5. The number of carbonyl (C=O) groups excluding carboxylic acids is 1. The van der Waals surface area contributed by atoms with Crippen LogP contribution in [0.15, 0.2) is 66.8 Å². The molecule has 2 aromatic carbocycles. The number of nitriles is 1. The van der Waals surface area contributed by atoms with Crippen LogP contribution in [0.25, 0.3) is 6.08 Å². The molecular formula is C27H28N4O3S. The van der Waals surface area contributed by atoms with Gasteiger partial charge in [0.2, 0.25) is 5.13 Å². The van der Waals surface area contributed by atoms with Gasteiger partial charge in [-0.1, -0.05) is 61.6 Å². The first-order chi connectivity index (χ1) is 17.0. The molecule has 0 saturated carbocycles. The highest BCUT2D eigenvalue weighted by molar-refractivity contribution is 7.15. The van der Waals surface area contributed by atoms with Crippen LogP contribution in [-0.4, -0.2) is 29.3 Å². The van der Waals surface area contributed by atoms with Gasteiger partial charge >= 0.3 is 0 Å². The lowest BCUT2D eigenvalue weighted by molar-refractivity contribution is -0.112. The van der Waals surface area contributed by atoms with Crippen molar-refractivity contribution < 1.29 is 14.3 Å². The van der Waals surface area contributed by atoms with E-state index >= 15 is 0 Å². The Bertz CT molecular complexity index is 1210. The number of nitrogens with one attached hydrogen (secondary N) is 1. The van der Waals surface area contributed by atoms with E-state index in [1.807, 2.05) is 36.4 Å². The molecule has 1 amide bonds. The summed E-state index contributed by atoms with van der Waals surface area (Å²) in [6.07, 6.45) is 4.90. The second-order valence-electron chi connectivity index (χ2n) is 8.09. The third kappa shape index (κ3) is 8.09. The van der Waals surface area contributed by atoms with Crippen LogP contribution < -0.4 is 14.8 Å². The molecule has 1 N–H and O–H groups in total. The van der Waals surface area contributed by atoms with Gasteiger partial charge in [-0.05, 0) is 47.7 Å². The fourth-order valence-corrected chi connectivity index (χ4v) is 4.10. The maximum Gasteiger partial charge on any atom is 0.268 e. The number of para-hydroxylation sites is 1. The van der Waals surface area contributed by atoms with Gasteiger partial charge in [-0.15, -0.1) is 16.8 Å². The normalized spacial score (nSPS) is 11.1. The Morgan fingerprint density at radius 3 is 2.60 bits per heavy atom. The monoisotopic (exact) mass is 488 g/mol. The first kappa shape index (κ1) is 25.7. The summed E-state index contributed by atoms with van der Waals surface area (Å²) < 4.78 is 11.6. The lowest BCUT2D eigenvalue weighted by atomic mass is 10.1. The second-order valence-corrected chi connectivity index (χ2v) is 9.15. The molecule has 8 heteroatoms. The van der Waals surface area contributed by atoms with Crippen molar-refractivity contribution >= 4 is 28.5 Å². The predicted octanol–water partition coefficient (Wildman–Crippen LogP) is 5.47. The van der Waals surface area contributed by atoms with Crippen LogP contribution >= 0.6 is 11.3 Å². The Kier molecular flexibility index (Phi) is 9.58. The quantitative estimate of drug-likeness (QED) is 0.157. The molecular weight excluding hydrogens is 460 g/mol. The van der Waals surface area contributed by atoms with Gasteiger partial charge in [0.05, 0.1) is 0 Å². The van der Waals surface area contributed by atoms with E-state index in [1.165, 1.54) is 17.4 Å². The summed E-state index contributed by atoms with van der Waals surface area (Å²) in [5.74, 6) is 1.41. The number of ether oxygens (including phenoxy) is 2. The highest BCUT2D eigenvalue weighted by Gasteiger charge is 2.13. The van der Waals surface area contributed by atoms with Gasteiger partial charge < -0.3 is 9.47 Å². The predicted molar refractivity (Wildman–Crippen MR) is 138 cm³/mol. The molecule has 0 radical (unpaired) electrons. The van der Waals surface area contributed by atoms with E-state index in [4.69, 9.17) is 9.47 Å². The van der Waals surface area contributed by atoms with Crippen LogP contribution in [0.2, 0.25) is 0 Å². The van der Waals surface area contributed by atoms with Crippen molar-refractivity contribution in [3.8, 4) is 17.6 Å². The summed E-state index contributed by atoms with van der Waals surface area (Å²) in [5.41, 5.74) is 1.76. The van der Waals surface area contributed by atoms with Crippen molar-refractivity contribution in [3.05, 3.63) is 82.9 Å². The molecule has 1 aromatic heterocycles. The number of hydrogen-bond acceptors (Lipinski definition) is 7. The molecule has 0 atom stereocenters. The van der Waals surface area contributed by atoms with Gasteiger partial charge in [0.1, 0.15) is 41.4 Å². The molecule has 0 aliphatic heterocycles. The summed E-state index contributed by atoms with van der Waals surface area (Å²) in [6.45, 7) is 8.73. The summed E-state index contributed by atoms with van der Waals surface area (Å²) in [5, 5.41) is 21.4. The molecule has 180 valence electrons. The fraction of sp³-hybridized carbons (Fsp3) is 0.259. The van der Waals surface area contributed by atoms with Crippen LogP contribution in [-0.2, 0) is 17.6 Å². The van der Waals surface area contributed by atoms with Crippen LogP contribution in [0.3, 0.4) is 0 Å². The number of allylic oxidation sites excluding steroid dienone is 1. The number of hydrogen-bond donors (Lipinski definition) is 1. The summed E-state index contributed by atoms with van der Waals surface area (Å²) in [6, 6.07) is 16.9. The zero-order chi connectivity index (χ0) is 25.0. The average molecular weight is 489 g/mol. The van der Waals surface area contributed by atoms with E-state index in [0.29, 0.717) is 35.6 Å². The number of carbonyl (C=O) groups is 1. The van der Waals surface area contributed by atoms with Crippen molar-refractivity contribution in [3.63, 3.8) is 0 Å². The second kappa shape index (κ2) is 13.1. The zero-order valence-electron chi connectivity index (χ0n) is 19.9. The molecule has 0 aliphatic carbocycles. The van der Waals surface area contributed by atoms with Crippen LogP contribution in [0, 0.1) is 17.2 Å². The smallest absolute Gasteiger partial charge is 0.268 e. The van der Waals surface area contributed by atoms with Crippen molar-refractivity contribution in [1.29, 1.82) is 5.26 Å². The molecule has 0 saturated heterocycles. The Morgan fingerprint density at radius 2 is 1.89 bits per heavy atom. The number of aromatic nitrogens is 2. The molecule has 3 rings (SSSR count). The van der Waals surface area contributed by atoms with Gasteiger partial charge in [-0.25, -0.2) is 0 Å². The molecule has 0 bridgehead atoms. The van der Waals surface area contributed by atoms with E-state index in [1.54, 1.807) is 24.3 Å². The van der Waals surface area contributed by atoms with Crippen molar-refractivity contribution in [2.24, 2.45) is 5.92 Å². The number of anilines is 1. The Morgan fingerprint density at radius 1 is 1.14 bits per heavy atom. The van der Waals surface area contributed by atoms with E-state index in [0.717, 1.165) is 29.2 Å². The molecule has 0 unspecified atom stereocenters. The van der Waals surface area contributed by atoms with Crippen LogP contribution in [0.1, 0.15) is 30.0 Å². The average Bonchev–Trinajstić information content (AvgIpc) is 3.28. The molecule has 1 heterocycles. The Hall–Kier alpha value is -3.96. The zero-order valence-corrected chi connectivity index (χ0v) is 20.7. The Labute approximate surface area is 209 Å². The highest BCUT2D eigenvalue weighted by atomic mass is 32.1. The molecule has 7 nitrogen and oxygen atoms in total. The minimum atomic E-state index is -0.519. The van der Waals surface area contributed by atoms with E-state index < -0.39 is 5.91 Å². The first-order valence-corrected chi connectivity index (χ1v) is 12.1. The van der Waals surface area contributed by atoms with Crippen molar-refractivity contribution in [1.82, 2.24) is 10.2 Å². The Balaban J connectivity index is 1.52. The minimum absolute atomic E-state index is 0.0223. The van der Waals surface area contributed by atoms with Gasteiger partial charge in [-0.2, -0.15) is 5.26 Å². The molecule has 0 aliphatic rings. The number of nitrogens with zero attached hydrogens (tertiary/aromatic N) is 3. The number of amides is 1.